The van der Waals surface area contributed by atoms with Gasteiger partial charge in [0.25, 0.3) is 5.91 Å². The van der Waals surface area contributed by atoms with Crippen LogP contribution in [0.3, 0.4) is 0 Å². The van der Waals surface area contributed by atoms with E-state index in [1.54, 1.807) is 13.1 Å². The largest absolute Gasteiger partial charge is 0.364 e. The molecule has 0 saturated heterocycles. The molecule has 1 aromatic heterocycles. The van der Waals surface area contributed by atoms with E-state index in [0.29, 0.717) is 5.69 Å². The summed E-state index contributed by atoms with van der Waals surface area (Å²) in [5.41, 5.74) is 5.84. The Bertz CT molecular complexity index is 259. The number of amides is 1. The SMILES string of the molecule is Cc1cncc(C(N)=O)n1. The molecule has 1 heterocycles. The van der Waals surface area contributed by atoms with Gasteiger partial charge in [0.2, 0.25) is 0 Å². The molecule has 0 spiro atoms. The van der Waals surface area contributed by atoms with Crippen LogP contribution in [0.2, 0.25) is 0 Å². The van der Waals surface area contributed by atoms with Gasteiger partial charge in [-0.05, 0) is 6.92 Å². The van der Waals surface area contributed by atoms with E-state index in [2.05, 4.69) is 9.97 Å². The van der Waals surface area contributed by atoms with Crippen LogP contribution < -0.4 is 5.73 Å². The minimum absolute atomic E-state index is 0.208. The van der Waals surface area contributed by atoms with E-state index in [0.717, 1.165) is 0 Å². The Morgan fingerprint density at radius 3 is 2.70 bits per heavy atom. The van der Waals surface area contributed by atoms with Crippen molar-refractivity contribution in [1.82, 2.24) is 9.97 Å². The molecule has 0 unspecified atom stereocenters. The topological polar surface area (TPSA) is 68.9 Å². The highest BCUT2D eigenvalue weighted by molar-refractivity contribution is 5.90. The quantitative estimate of drug-likeness (QED) is 0.586. The molecule has 4 nitrogen and oxygen atoms in total. The smallest absolute Gasteiger partial charge is 0.268 e. The van der Waals surface area contributed by atoms with E-state index < -0.39 is 5.91 Å². The maximum Gasteiger partial charge on any atom is 0.268 e. The van der Waals surface area contributed by atoms with E-state index in [1.165, 1.54) is 6.20 Å². The van der Waals surface area contributed by atoms with Crippen molar-refractivity contribution in [1.29, 1.82) is 0 Å². The summed E-state index contributed by atoms with van der Waals surface area (Å²) in [6.07, 6.45) is 2.90. The van der Waals surface area contributed by atoms with Crippen molar-refractivity contribution in [3.05, 3.63) is 23.8 Å². The molecule has 0 aromatic carbocycles. The molecule has 10 heavy (non-hydrogen) atoms. The summed E-state index contributed by atoms with van der Waals surface area (Å²) < 4.78 is 0. The third-order valence-electron chi connectivity index (χ3n) is 1.01. The molecular formula is C6H7N3O. The van der Waals surface area contributed by atoms with Gasteiger partial charge >= 0.3 is 0 Å². The zero-order valence-corrected chi connectivity index (χ0v) is 5.53. The summed E-state index contributed by atoms with van der Waals surface area (Å²) in [4.78, 5) is 18.1. The summed E-state index contributed by atoms with van der Waals surface area (Å²) in [5.74, 6) is -0.545. The van der Waals surface area contributed by atoms with Crippen LogP contribution in [0.15, 0.2) is 12.4 Å². The van der Waals surface area contributed by atoms with Crippen molar-refractivity contribution >= 4 is 5.91 Å². The second-order valence-corrected chi connectivity index (χ2v) is 1.91. The average molecular weight is 137 g/mol. The minimum Gasteiger partial charge on any atom is -0.364 e. The van der Waals surface area contributed by atoms with Crippen LogP contribution in [-0.2, 0) is 0 Å². The zero-order chi connectivity index (χ0) is 7.56. The lowest BCUT2D eigenvalue weighted by molar-refractivity contribution is 0.0995. The fourth-order valence-electron chi connectivity index (χ4n) is 0.582. The fourth-order valence-corrected chi connectivity index (χ4v) is 0.582. The zero-order valence-electron chi connectivity index (χ0n) is 5.53. The van der Waals surface area contributed by atoms with E-state index in [9.17, 15) is 4.79 Å². The van der Waals surface area contributed by atoms with Gasteiger partial charge in [-0.2, -0.15) is 0 Å². The van der Waals surface area contributed by atoms with Gasteiger partial charge in [-0.25, -0.2) is 4.98 Å². The first-order valence-corrected chi connectivity index (χ1v) is 2.78. The van der Waals surface area contributed by atoms with Gasteiger partial charge in [0.05, 0.1) is 11.9 Å². The number of aromatic nitrogens is 2. The van der Waals surface area contributed by atoms with Crippen LogP contribution in [0.4, 0.5) is 0 Å². The Kier molecular flexibility index (Phi) is 1.62. The van der Waals surface area contributed by atoms with Crippen molar-refractivity contribution in [3.63, 3.8) is 0 Å². The third-order valence-corrected chi connectivity index (χ3v) is 1.01. The van der Waals surface area contributed by atoms with Crippen LogP contribution in [-0.4, -0.2) is 15.9 Å². The standard InChI is InChI=1S/C6H7N3O/c1-4-2-8-3-5(9-4)6(7)10/h2-3H,1H3,(H2,7,10). The summed E-state index contributed by atoms with van der Waals surface area (Å²) >= 11 is 0. The predicted octanol–water partition coefficient (Wildman–Crippen LogP) is -0.116. The lowest BCUT2D eigenvalue weighted by Gasteiger charge is -1.93. The monoisotopic (exact) mass is 137 g/mol. The molecular weight excluding hydrogens is 130 g/mol. The second kappa shape index (κ2) is 2.43. The summed E-state index contributed by atoms with van der Waals surface area (Å²) in [7, 11) is 0. The summed E-state index contributed by atoms with van der Waals surface area (Å²) in [6, 6.07) is 0. The molecule has 0 atom stereocenters. The number of rotatable bonds is 1. The molecule has 0 aliphatic carbocycles. The van der Waals surface area contributed by atoms with Gasteiger partial charge in [0.1, 0.15) is 5.69 Å². The van der Waals surface area contributed by atoms with Crippen LogP contribution in [0.25, 0.3) is 0 Å². The van der Waals surface area contributed by atoms with Crippen LogP contribution in [0.1, 0.15) is 16.2 Å². The molecule has 0 radical (unpaired) electrons. The number of primary amides is 1. The second-order valence-electron chi connectivity index (χ2n) is 1.91. The maximum atomic E-state index is 10.5. The number of nitrogens with zero attached hydrogens (tertiary/aromatic N) is 2. The Morgan fingerprint density at radius 1 is 1.60 bits per heavy atom. The first-order chi connectivity index (χ1) is 4.70. The molecule has 1 rings (SSSR count). The van der Waals surface area contributed by atoms with Crippen molar-refractivity contribution in [2.24, 2.45) is 5.73 Å². The molecule has 1 amide bonds. The summed E-state index contributed by atoms with van der Waals surface area (Å²) in [6.45, 7) is 1.75. The van der Waals surface area contributed by atoms with Crippen LogP contribution in [0.5, 0.6) is 0 Å². The highest BCUT2D eigenvalue weighted by Crippen LogP contribution is 1.91. The van der Waals surface area contributed by atoms with Crippen LogP contribution >= 0.6 is 0 Å². The van der Waals surface area contributed by atoms with Gasteiger partial charge in [0, 0.05) is 6.20 Å². The molecule has 0 aliphatic heterocycles. The number of hydrogen-bond acceptors (Lipinski definition) is 3. The van der Waals surface area contributed by atoms with Gasteiger partial charge < -0.3 is 5.73 Å². The van der Waals surface area contributed by atoms with Gasteiger partial charge in [-0.3, -0.25) is 9.78 Å². The summed E-state index contributed by atoms with van der Waals surface area (Å²) in [5, 5.41) is 0. The van der Waals surface area contributed by atoms with Gasteiger partial charge in [-0.1, -0.05) is 0 Å². The average Bonchev–Trinajstić information content (AvgIpc) is 1.88. The fraction of sp³-hybridized carbons (Fsp3) is 0.167. The van der Waals surface area contributed by atoms with E-state index in [1.807, 2.05) is 0 Å². The molecule has 0 aliphatic rings. The molecule has 0 saturated carbocycles. The molecule has 0 fully saturated rings. The minimum atomic E-state index is -0.545. The normalized spacial score (nSPS) is 9.30. The number of carbonyl (C=O) groups excluding carboxylic acids is 1. The molecule has 1 aromatic rings. The van der Waals surface area contributed by atoms with Crippen molar-refractivity contribution in [2.75, 3.05) is 0 Å². The highest BCUT2D eigenvalue weighted by atomic mass is 16.1. The maximum absolute atomic E-state index is 10.5. The van der Waals surface area contributed by atoms with Crippen LogP contribution in [0, 0.1) is 6.92 Å². The van der Waals surface area contributed by atoms with Crippen molar-refractivity contribution < 1.29 is 4.79 Å². The lowest BCUT2D eigenvalue weighted by Crippen LogP contribution is -2.13. The predicted molar refractivity (Wildman–Crippen MR) is 35.3 cm³/mol. The third kappa shape index (κ3) is 1.28. The first-order valence-electron chi connectivity index (χ1n) is 2.78. The molecule has 52 valence electrons. The number of carbonyl (C=O) groups is 1. The Balaban J connectivity index is 3.07. The van der Waals surface area contributed by atoms with Crippen molar-refractivity contribution in [2.45, 2.75) is 6.92 Å². The molecule has 0 bridgehead atoms. The molecule has 2 N–H and O–H groups in total. The molecule has 4 heteroatoms. The number of hydrogen-bond donors (Lipinski definition) is 1. The van der Waals surface area contributed by atoms with E-state index in [-0.39, 0.29) is 5.69 Å². The first kappa shape index (κ1) is 6.67. The van der Waals surface area contributed by atoms with Gasteiger partial charge in [-0.15, -0.1) is 0 Å². The number of aryl methyl sites for hydroxylation is 1. The van der Waals surface area contributed by atoms with Crippen molar-refractivity contribution in [3.8, 4) is 0 Å². The highest BCUT2D eigenvalue weighted by Gasteiger charge is 2.00. The van der Waals surface area contributed by atoms with Gasteiger partial charge in [0.15, 0.2) is 0 Å². The van der Waals surface area contributed by atoms with E-state index in [4.69, 9.17) is 5.73 Å². The lowest BCUT2D eigenvalue weighted by atomic mass is 10.4. The Labute approximate surface area is 58.1 Å². The Morgan fingerprint density at radius 2 is 2.30 bits per heavy atom. The Hall–Kier alpha value is -1.45. The van der Waals surface area contributed by atoms with E-state index >= 15 is 0 Å². The number of nitrogens with two attached hydrogens (primary N) is 1.